The van der Waals surface area contributed by atoms with E-state index < -0.39 is 17.7 Å². The van der Waals surface area contributed by atoms with E-state index in [1.165, 1.54) is 30.2 Å². The molecule has 6 heteroatoms. The van der Waals surface area contributed by atoms with Crippen LogP contribution in [0.15, 0.2) is 22.7 Å². The molecule has 1 aliphatic rings. The Hall–Kier alpha value is -1.43. The Balaban J connectivity index is 2.27. The smallest absolute Gasteiger partial charge is 0.311 e. The summed E-state index contributed by atoms with van der Waals surface area (Å²) < 4.78 is 18.4. The number of hydrogen-bond donors (Lipinski definition) is 0. The zero-order chi connectivity index (χ0) is 13.3. The Morgan fingerprint density at radius 2 is 2.28 bits per heavy atom. The number of halogens is 2. The molecule has 2 rings (SSSR count). The van der Waals surface area contributed by atoms with E-state index in [2.05, 4.69) is 20.7 Å². The third kappa shape index (κ3) is 2.38. The van der Waals surface area contributed by atoms with E-state index in [4.69, 9.17) is 0 Å². The van der Waals surface area contributed by atoms with Crippen LogP contribution in [0.5, 0.6) is 0 Å². The predicted molar refractivity (Wildman–Crippen MR) is 66.6 cm³/mol. The lowest BCUT2D eigenvalue weighted by atomic mass is 10.1. The number of carbonyl (C=O) groups is 2. The third-order valence-electron chi connectivity index (χ3n) is 2.86. The van der Waals surface area contributed by atoms with Gasteiger partial charge in [-0.1, -0.05) is 0 Å². The highest BCUT2D eigenvalue weighted by atomic mass is 79.9. The number of ether oxygens (including phenoxy) is 1. The molecule has 1 heterocycles. The van der Waals surface area contributed by atoms with Crippen LogP contribution >= 0.6 is 15.9 Å². The molecule has 1 atom stereocenters. The second kappa shape index (κ2) is 5.06. The summed E-state index contributed by atoms with van der Waals surface area (Å²) in [5.74, 6) is -1.55. The summed E-state index contributed by atoms with van der Waals surface area (Å²) >= 11 is 3.27. The monoisotopic (exact) mass is 315 g/mol. The largest absolute Gasteiger partial charge is 0.469 e. The maximum Gasteiger partial charge on any atom is 0.311 e. The molecule has 0 N–H and O–H groups in total. The molecular formula is C12H11BrFNO3. The van der Waals surface area contributed by atoms with E-state index in [1.807, 2.05) is 0 Å². The van der Waals surface area contributed by atoms with Crippen LogP contribution in [0, 0.1) is 11.7 Å². The molecular weight excluding hydrogens is 305 g/mol. The second-order valence-electron chi connectivity index (χ2n) is 4.02. The van der Waals surface area contributed by atoms with Gasteiger partial charge < -0.3 is 9.64 Å². The zero-order valence-electron chi connectivity index (χ0n) is 9.65. The maximum absolute atomic E-state index is 13.2. The van der Waals surface area contributed by atoms with Crippen molar-refractivity contribution in [1.29, 1.82) is 0 Å². The molecule has 1 fully saturated rings. The summed E-state index contributed by atoms with van der Waals surface area (Å²) in [4.78, 5) is 24.6. The highest BCUT2D eigenvalue weighted by Gasteiger charge is 2.36. The molecule has 4 nitrogen and oxygen atoms in total. The Morgan fingerprint density at radius 3 is 2.94 bits per heavy atom. The van der Waals surface area contributed by atoms with E-state index in [9.17, 15) is 14.0 Å². The molecule has 1 amide bonds. The van der Waals surface area contributed by atoms with Crippen LogP contribution in [-0.4, -0.2) is 25.5 Å². The van der Waals surface area contributed by atoms with Crippen molar-refractivity contribution in [2.75, 3.05) is 18.6 Å². The molecule has 0 aromatic heterocycles. The van der Waals surface area contributed by atoms with Gasteiger partial charge in [-0.25, -0.2) is 4.39 Å². The zero-order valence-corrected chi connectivity index (χ0v) is 11.2. The minimum absolute atomic E-state index is 0.0929. The van der Waals surface area contributed by atoms with Gasteiger partial charge in [-0.3, -0.25) is 9.59 Å². The van der Waals surface area contributed by atoms with Crippen molar-refractivity contribution in [2.24, 2.45) is 5.92 Å². The quantitative estimate of drug-likeness (QED) is 0.785. The summed E-state index contributed by atoms with van der Waals surface area (Å²) in [7, 11) is 1.29. The van der Waals surface area contributed by atoms with Gasteiger partial charge >= 0.3 is 5.97 Å². The molecule has 1 aliphatic heterocycles. The summed E-state index contributed by atoms with van der Waals surface area (Å²) in [6.45, 7) is 0.216. The van der Waals surface area contributed by atoms with Crippen molar-refractivity contribution < 1.29 is 18.7 Å². The van der Waals surface area contributed by atoms with Crippen molar-refractivity contribution in [3.8, 4) is 0 Å². The molecule has 1 aromatic rings. The molecule has 0 bridgehead atoms. The van der Waals surface area contributed by atoms with Gasteiger partial charge in [0.05, 0.1) is 18.7 Å². The third-order valence-corrected chi connectivity index (χ3v) is 3.53. The average Bonchev–Trinajstić information content (AvgIpc) is 2.73. The second-order valence-corrected chi connectivity index (χ2v) is 4.88. The molecule has 0 saturated carbocycles. The minimum atomic E-state index is -0.488. The summed E-state index contributed by atoms with van der Waals surface area (Å²) in [5.41, 5.74) is 0.436. The predicted octanol–water partition coefficient (Wildman–Crippen LogP) is 2.11. The molecule has 1 aromatic carbocycles. The van der Waals surface area contributed by atoms with Crippen LogP contribution in [-0.2, 0) is 14.3 Å². The Morgan fingerprint density at radius 1 is 1.56 bits per heavy atom. The number of benzene rings is 1. The first kappa shape index (κ1) is 13.0. The van der Waals surface area contributed by atoms with Gasteiger partial charge in [0.1, 0.15) is 5.82 Å². The fraction of sp³-hybridized carbons (Fsp3) is 0.333. The van der Waals surface area contributed by atoms with Crippen LogP contribution in [0.4, 0.5) is 10.1 Å². The van der Waals surface area contributed by atoms with Crippen molar-refractivity contribution >= 4 is 33.5 Å². The van der Waals surface area contributed by atoms with Crippen LogP contribution in [0.25, 0.3) is 0 Å². The van der Waals surface area contributed by atoms with Gasteiger partial charge in [-0.05, 0) is 34.1 Å². The first-order valence-electron chi connectivity index (χ1n) is 5.36. The summed E-state index contributed by atoms with van der Waals surface area (Å²) in [6, 6.07) is 4.09. The average molecular weight is 316 g/mol. The summed E-state index contributed by atoms with van der Waals surface area (Å²) in [6.07, 6.45) is 0.0929. The van der Waals surface area contributed by atoms with Gasteiger partial charge in [0.25, 0.3) is 0 Å². The lowest BCUT2D eigenvalue weighted by Gasteiger charge is -2.18. The van der Waals surface area contributed by atoms with E-state index >= 15 is 0 Å². The topological polar surface area (TPSA) is 46.6 Å². The number of nitrogens with zero attached hydrogens (tertiary/aromatic N) is 1. The van der Waals surface area contributed by atoms with Crippen molar-refractivity contribution in [1.82, 2.24) is 0 Å². The Kier molecular flexibility index (Phi) is 3.65. The van der Waals surface area contributed by atoms with Gasteiger partial charge in [-0.15, -0.1) is 0 Å². The minimum Gasteiger partial charge on any atom is -0.469 e. The van der Waals surface area contributed by atoms with E-state index in [-0.39, 0.29) is 18.9 Å². The van der Waals surface area contributed by atoms with Crippen molar-refractivity contribution in [2.45, 2.75) is 6.42 Å². The van der Waals surface area contributed by atoms with Crippen LogP contribution in [0.3, 0.4) is 0 Å². The molecule has 1 unspecified atom stereocenters. The van der Waals surface area contributed by atoms with Crippen LogP contribution < -0.4 is 4.90 Å². The first-order valence-corrected chi connectivity index (χ1v) is 6.15. The first-order chi connectivity index (χ1) is 8.52. The molecule has 18 heavy (non-hydrogen) atoms. The Bertz CT molecular complexity index is 506. The number of anilines is 1. The SMILES string of the molecule is COC(=O)C1CC(=O)N(c2cc(F)ccc2Br)C1. The number of rotatable bonds is 2. The molecule has 96 valence electrons. The van der Waals surface area contributed by atoms with Gasteiger partial charge in [0, 0.05) is 17.4 Å². The van der Waals surface area contributed by atoms with Crippen molar-refractivity contribution in [3.05, 3.63) is 28.5 Å². The van der Waals surface area contributed by atoms with Crippen molar-refractivity contribution in [3.63, 3.8) is 0 Å². The van der Waals surface area contributed by atoms with Gasteiger partial charge in [0.15, 0.2) is 0 Å². The number of amides is 1. The van der Waals surface area contributed by atoms with Crippen LogP contribution in [0.1, 0.15) is 6.42 Å². The van der Waals surface area contributed by atoms with Crippen LogP contribution in [0.2, 0.25) is 0 Å². The highest BCUT2D eigenvalue weighted by molar-refractivity contribution is 9.10. The maximum atomic E-state index is 13.2. The lowest BCUT2D eigenvalue weighted by Crippen LogP contribution is -2.26. The standard InChI is InChI=1S/C12H11BrFNO3/c1-18-12(17)7-4-11(16)15(6-7)10-5-8(14)2-3-9(10)13/h2-3,5,7H,4,6H2,1H3. The highest BCUT2D eigenvalue weighted by Crippen LogP contribution is 2.32. The molecule has 0 aliphatic carbocycles. The normalized spacial score (nSPS) is 19.2. The number of esters is 1. The summed E-state index contributed by atoms with van der Waals surface area (Å²) in [5, 5.41) is 0. The number of hydrogen-bond acceptors (Lipinski definition) is 3. The molecule has 0 spiro atoms. The number of carbonyl (C=O) groups excluding carboxylic acids is 2. The molecule has 1 saturated heterocycles. The van der Waals surface area contributed by atoms with E-state index in [0.29, 0.717) is 10.2 Å². The van der Waals surface area contributed by atoms with Gasteiger partial charge in [-0.2, -0.15) is 0 Å². The number of methoxy groups -OCH3 is 1. The Labute approximate surface area is 112 Å². The molecule has 0 radical (unpaired) electrons. The lowest BCUT2D eigenvalue weighted by molar-refractivity contribution is -0.145. The van der Waals surface area contributed by atoms with Gasteiger partial charge in [0.2, 0.25) is 5.91 Å². The van der Waals surface area contributed by atoms with E-state index in [0.717, 1.165) is 0 Å². The fourth-order valence-corrected chi connectivity index (χ4v) is 2.42. The van der Waals surface area contributed by atoms with E-state index in [1.54, 1.807) is 0 Å². The fourth-order valence-electron chi connectivity index (χ4n) is 1.96.